The topological polar surface area (TPSA) is 46.3 Å². The molecule has 0 aliphatic carbocycles. The Hall–Kier alpha value is -0.570. The molecule has 0 aliphatic heterocycles. The van der Waals surface area contributed by atoms with Gasteiger partial charge < -0.3 is 10.6 Å². The van der Waals surface area contributed by atoms with Crippen LogP contribution in [0.5, 0.6) is 0 Å². The van der Waals surface area contributed by atoms with Crippen LogP contribution < -0.4 is 5.73 Å². The van der Waals surface area contributed by atoms with Crippen LogP contribution in [0.25, 0.3) is 0 Å². The van der Waals surface area contributed by atoms with Crippen LogP contribution in [0.1, 0.15) is 41.0 Å². The summed E-state index contributed by atoms with van der Waals surface area (Å²) in [5, 5.41) is 0. The second-order valence-electron chi connectivity index (χ2n) is 6.31. The van der Waals surface area contributed by atoms with Crippen molar-refractivity contribution in [3.05, 3.63) is 0 Å². The molecule has 0 aromatic heterocycles. The monoisotopic (exact) mass is 228 g/mol. The third kappa shape index (κ3) is 6.11. The van der Waals surface area contributed by atoms with Crippen LogP contribution in [0.3, 0.4) is 0 Å². The first-order valence-electron chi connectivity index (χ1n) is 6.12. The fourth-order valence-electron chi connectivity index (χ4n) is 1.96. The molecule has 2 N–H and O–H groups in total. The second kappa shape index (κ2) is 6.24. The van der Waals surface area contributed by atoms with E-state index in [4.69, 9.17) is 5.73 Å². The Morgan fingerprint density at radius 3 is 2.12 bits per heavy atom. The van der Waals surface area contributed by atoms with E-state index in [0.29, 0.717) is 12.5 Å². The summed E-state index contributed by atoms with van der Waals surface area (Å²) in [4.78, 5) is 13.9. The smallest absolute Gasteiger partial charge is 0.226 e. The lowest BCUT2D eigenvalue weighted by atomic mass is 9.84. The molecule has 1 amide bonds. The summed E-state index contributed by atoms with van der Waals surface area (Å²) in [5.41, 5.74) is 5.85. The molecule has 1 atom stereocenters. The number of carbonyl (C=O) groups excluding carboxylic acids is 1. The number of nitrogens with two attached hydrogens (primary N) is 1. The van der Waals surface area contributed by atoms with Gasteiger partial charge in [0, 0.05) is 20.1 Å². The van der Waals surface area contributed by atoms with Crippen LogP contribution in [0.2, 0.25) is 0 Å². The number of amides is 1. The number of hydrogen-bond acceptors (Lipinski definition) is 2. The van der Waals surface area contributed by atoms with Gasteiger partial charge in [0.05, 0.1) is 5.92 Å². The lowest BCUT2D eigenvalue weighted by molar-refractivity contribution is -0.135. The van der Waals surface area contributed by atoms with Crippen molar-refractivity contribution in [2.24, 2.45) is 23.0 Å². The van der Waals surface area contributed by atoms with Gasteiger partial charge in [-0.2, -0.15) is 0 Å². The third-order valence-corrected chi connectivity index (χ3v) is 2.51. The Balaban J connectivity index is 4.41. The Morgan fingerprint density at radius 2 is 1.81 bits per heavy atom. The number of nitrogens with zero attached hydrogens (tertiary/aromatic N) is 1. The Kier molecular flexibility index (Phi) is 6.01. The molecule has 3 nitrogen and oxygen atoms in total. The van der Waals surface area contributed by atoms with E-state index in [1.54, 1.807) is 0 Å². The van der Waals surface area contributed by atoms with Gasteiger partial charge in [-0.15, -0.1) is 0 Å². The minimum atomic E-state index is -0.0382. The van der Waals surface area contributed by atoms with Crippen molar-refractivity contribution in [1.29, 1.82) is 0 Å². The molecule has 0 saturated heterocycles. The van der Waals surface area contributed by atoms with Crippen molar-refractivity contribution in [2.45, 2.75) is 41.0 Å². The SMILES string of the molecule is CC(C)CN(C)C(=O)C(CN)CC(C)(C)C. The van der Waals surface area contributed by atoms with Crippen molar-refractivity contribution in [3.8, 4) is 0 Å². The molecule has 96 valence electrons. The average Bonchev–Trinajstić information content (AvgIpc) is 2.10. The molecule has 0 radical (unpaired) electrons. The van der Waals surface area contributed by atoms with Crippen LogP contribution in [0.15, 0.2) is 0 Å². The molecule has 0 heterocycles. The molecule has 0 rings (SSSR count). The second-order valence-corrected chi connectivity index (χ2v) is 6.31. The lowest BCUT2D eigenvalue weighted by Crippen LogP contribution is -2.40. The van der Waals surface area contributed by atoms with Gasteiger partial charge >= 0.3 is 0 Å². The van der Waals surface area contributed by atoms with Gasteiger partial charge in [0.15, 0.2) is 0 Å². The van der Waals surface area contributed by atoms with Crippen LogP contribution in [0, 0.1) is 17.3 Å². The average molecular weight is 228 g/mol. The van der Waals surface area contributed by atoms with E-state index in [0.717, 1.165) is 13.0 Å². The summed E-state index contributed by atoms with van der Waals surface area (Å²) in [5.74, 6) is 0.650. The van der Waals surface area contributed by atoms with Crippen LogP contribution in [-0.2, 0) is 4.79 Å². The molecule has 1 unspecified atom stereocenters. The molecule has 0 bridgehead atoms. The number of carbonyl (C=O) groups is 1. The first-order chi connectivity index (χ1) is 7.17. The summed E-state index contributed by atoms with van der Waals surface area (Å²) in [6.45, 7) is 11.9. The Labute approximate surface area is 100 Å². The van der Waals surface area contributed by atoms with Crippen molar-refractivity contribution in [2.75, 3.05) is 20.1 Å². The maximum Gasteiger partial charge on any atom is 0.226 e. The number of hydrogen-bond donors (Lipinski definition) is 1. The van der Waals surface area contributed by atoms with Gasteiger partial charge in [-0.25, -0.2) is 0 Å². The Morgan fingerprint density at radius 1 is 1.31 bits per heavy atom. The van der Waals surface area contributed by atoms with Gasteiger partial charge in [-0.05, 0) is 17.8 Å². The molecule has 0 aromatic carbocycles. The van der Waals surface area contributed by atoms with E-state index < -0.39 is 0 Å². The van der Waals surface area contributed by atoms with Crippen LogP contribution in [-0.4, -0.2) is 30.9 Å². The van der Waals surface area contributed by atoms with E-state index in [-0.39, 0.29) is 17.2 Å². The van der Waals surface area contributed by atoms with Gasteiger partial charge in [0.2, 0.25) is 5.91 Å². The third-order valence-electron chi connectivity index (χ3n) is 2.51. The fraction of sp³-hybridized carbons (Fsp3) is 0.923. The van der Waals surface area contributed by atoms with Gasteiger partial charge in [-0.3, -0.25) is 4.79 Å². The van der Waals surface area contributed by atoms with Crippen molar-refractivity contribution in [1.82, 2.24) is 4.90 Å². The van der Waals surface area contributed by atoms with Gasteiger partial charge in [0.1, 0.15) is 0 Å². The first kappa shape index (κ1) is 15.4. The van der Waals surface area contributed by atoms with E-state index >= 15 is 0 Å². The van der Waals surface area contributed by atoms with E-state index in [2.05, 4.69) is 34.6 Å². The first-order valence-corrected chi connectivity index (χ1v) is 6.12. The lowest BCUT2D eigenvalue weighted by Gasteiger charge is -2.28. The highest BCUT2D eigenvalue weighted by molar-refractivity contribution is 5.78. The van der Waals surface area contributed by atoms with E-state index in [9.17, 15) is 4.79 Å². The highest BCUT2D eigenvalue weighted by atomic mass is 16.2. The van der Waals surface area contributed by atoms with Crippen molar-refractivity contribution >= 4 is 5.91 Å². The maximum absolute atomic E-state index is 12.1. The van der Waals surface area contributed by atoms with Gasteiger partial charge in [-0.1, -0.05) is 34.6 Å². The van der Waals surface area contributed by atoms with Crippen molar-refractivity contribution < 1.29 is 4.79 Å². The normalized spacial score (nSPS) is 14.0. The molecule has 0 fully saturated rings. The van der Waals surface area contributed by atoms with Crippen LogP contribution >= 0.6 is 0 Å². The maximum atomic E-state index is 12.1. The largest absolute Gasteiger partial charge is 0.345 e. The zero-order valence-corrected chi connectivity index (χ0v) is 11.7. The van der Waals surface area contributed by atoms with Crippen LogP contribution in [0.4, 0.5) is 0 Å². The molecular weight excluding hydrogens is 200 g/mol. The highest BCUT2D eigenvalue weighted by Gasteiger charge is 2.26. The van der Waals surface area contributed by atoms with E-state index in [1.165, 1.54) is 0 Å². The summed E-state index contributed by atoms with van der Waals surface area (Å²) >= 11 is 0. The summed E-state index contributed by atoms with van der Waals surface area (Å²) in [6, 6.07) is 0. The van der Waals surface area contributed by atoms with Gasteiger partial charge in [0.25, 0.3) is 0 Å². The zero-order chi connectivity index (χ0) is 12.9. The molecule has 0 aromatic rings. The summed E-state index contributed by atoms with van der Waals surface area (Å²) in [6.07, 6.45) is 0.852. The Bertz CT molecular complexity index is 218. The minimum absolute atomic E-state index is 0.0382. The predicted molar refractivity (Wildman–Crippen MR) is 69.1 cm³/mol. The number of rotatable bonds is 5. The fourth-order valence-corrected chi connectivity index (χ4v) is 1.96. The molecule has 0 aliphatic rings. The highest BCUT2D eigenvalue weighted by Crippen LogP contribution is 2.25. The molecule has 3 heteroatoms. The molecule has 0 saturated carbocycles. The van der Waals surface area contributed by atoms with E-state index in [1.807, 2.05) is 11.9 Å². The molecule has 16 heavy (non-hydrogen) atoms. The standard InChI is InChI=1S/C13H28N2O/c1-10(2)9-15(6)12(16)11(8-14)7-13(3,4)5/h10-11H,7-9,14H2,1-6H3. The summed E-state index contributed by atoms with van der Waals surface area (Å²) in [7, 11) is 1.87. The minimum Gasteiger partial charge on any atom is -0.345 e. The predicted octanol–water partition coefficient (Wildman–Crippen LogP) is 2.11. The van der Waals surface area contributed by atoms with Crippen molar-refractivity contribution in [3.63, 3.8) is 0 Å². The quantitative estimate of drug-likeness (QED) is 0.783. The zero-order valence-electron chi connectivity index (χ0n) is 11.7. The summed E-state index contributed by atoms with van der Waals surface area (Å²) < 4.78 is 0. The molecule has 0 spiro atoms. The molecular formula is C13H28N2O.